The van der Waals surface area contributed by atoms with E-state index >= 15 is 0 Å². The maximum Gasteiger partial charge on any atom is 0.157 e. The maximum atomic E-state index is 13.7. The van der Waals surface area contributed by atoms with Crippen molar-refractivity contribution in [2.75, 3.05) is 6.54 Å². The zero-order valence-electron chi connectivity index (χ0n) is 10.1. The second-order valence-electron chi connectivity index (χ2n) is 4.09. The van der Waals surface area contributed by atoms with Crippen molar-refractivity contribution in [1.82, 2.24) is 0 Å². The van der Waals surface area contributed by atoms with Gasteiger partial charge in [-0.2, -0.15) is 5.26 Å². The van der Waals surface area contributed by atoms with Crippen LogP contribution < -0.4 is 5.73 Å². The summed E-state index contributed by atoms with van der Waals surface area (Å²) >= 11 is 0. The topological polar surface area (TPSA) is 84.0 Å². The highest BCUT2D eigenvalue weighted by Gasteiger charge is 2.22. The lowest BCUT2D eigenvalue weighted by Crippen LogP contribution is -2.23. The molecule has 1 atom stereocenters. The minimum Gasteiger partial charge on any atom is -0.330 e. The highest BCUT2D eigenvalue weighted by molar-refractivity contribution is 7.91. The minimum atomic E-state index is -3.45. The highest BCUT2D eigenvalue weighted by atomic mass is 32.2. The van der Waals surface area contributed by atoms with Crippen LogP contribution in [-0.2, 0) is 15.6 Å². The third-order valence-electron chi connectivity index (χ3n) is 2.74. The highest BCUT2D eigenvalue weighted by Crippen LogP contribution is 2.18. The van der Waals surface area contributed by atoms with Gasteiger partial charge >= 0.3 is 0 Å². The van der Waals surface area contributed by atoms with Gasteiger partial charge in [-0.15, -0.1) is 0 Å². The summed E-state index contributed by atoms with van der Waals surface area (Å²) in [5.74, 6) is -1.17. The molecular formula is C12H15FN2O2S. The molecular weight excluding hydrogens is 255 g/mol. The second kappa shape index (κ2) is 5.94. The number of benzene rings is 1. The van der Waals surface area contributed by atoms with E-state index in [2.05, 4.69) is 0 Å². The molecule has 0 aliphatic rings. The molecule has 18 heavy (non-hydrogen) atoms. The average Bonchev–Trinajstić information content (AvgIpc) is 2.32. The minimum absolute atomic E-state index is 0.0259. The Labute approximate surface area is 106 Å². The molecule has 1 aromatic rings. The van der Waals surface area contributed by atoms with Crippen LogP contribution in [0.2, 0.25) is 0 Å². The Morgan fingerprint density at radius 3 is 2.72 bits per heavy atom. The Kier molecular flexibility index (Phi) is 4.82. The fourth-order valence-corrected chi connectivity index (χ4v) is 2.99. The van der Waals surface area contributed by atoms with Gasteiger partial charge in [-0.25, -0.2) is 12.8 Å². The first-order chi connectivity index (χ1) is 8.42. The zero-order chi connectivity index (χ0) is 13.8. The molecule has 1 rings (SSSR count). The molecule has 2 N–H and O–H groups in total. The lowest BCUT2D eigenvalue weighted by atomic mass is 10.1. The van der Waals surface area contributed by atoms with Crippen molar-refractivity contribution in [2.45, 2.75) is 24.3 Å². The Balaban J connectivity index is 3.02. The fourth-order valence-electron chi connectivity index (χ4n) is 1.55. The van der Waals surface area contributed by atoms with Crippen LogP contribution >= 0.6 is 0 Å². The van der Waals surface area contributed by atoms with Crippen LogP contribution in [0.1, 0.15) is 24.5 Å². The summed E-state index contributed by atoms with van der Waals surface area (Å²) in [5, 5.41) is 8.06. The standard InChI is InChI=1S/C12H15FN2O2S/c1-9(5-6-14)18(16,17)8-11-4-2-3-10(7-15)12(11)13/h2-4,9H,5-6,8,14H2,1H3. The van der Waals surface area contributed by atoms with Crippen molar-refractivity contribution in [3.05, 3.63) is 35.1 Å². The van der Waals surface area contributed by atoms with Crippen molar-refractivity contribution in [3.63, 3.8) is 0 Å². The molecule has 4 nitrogen and oxygen atoms in total. The predicted octanol–water partition coefficient (Wildman–Crippen LogP) is 1.35. The van der Waals surface area contributed by atoms with Crippen LogP contribution in [-0.4, -0.2) is 20.2 Å². The Morgan fingerprint density at radius 1 is 1.50 bits per heavy atom. The Bertz CT molecular complexity index is 564. The number of nitrogens with zero attached hydrogens (tertiary/aromatic N) is 1. The molecule has 0 fully saturated rings. The van der Waals surface area contributed by atoms with E-state index in [4.69, 9.17) is 11.0 Å². The number of hydrogen-bond donors (Lipinski definition) is 1. The molecule has 0 aromatic heterocycles. The molecule has 1 unspecified atom stereocenters. The van der Waals surface area contributed by atoms with Crippen molar-refractivity contribution in [2.24, 2.45) is 5.73 Å². The van der Waals surface area contributed by atoms with Gasteiger partial charge in [0, 0.05) is 5.56 Å². The number of hydrogen-bond acceptors (Lipinski definition) is 4. The van der Waals surface area contributed by atoms with Gasteiger partial charge in [-0.05, 0) is 26.0 Å². The average molecular weight is 270 g/mol. The van der Waals surface area contributed by atoms with Crippen LogP contribution in [0.25, 0.3) is 0 Å². The van der Waals surface area contributed by atoms with Crippen molar-refractivity contribution >= 4 is 9.84 Å². The molecule has 0 amide bonds. The van der Waals surface area contributed by atoms with Crippen molar-refractivity contribution < 1.29 is 12.8 Å². The first kappa shape index (κ1) is 14.6. The Morgan fingerprint density at radius 2 is 2.17 bits per heavy atom. The molecule has 0 spiro atoms. The van der Waals surface area contributed by atoms with E-state index in [1.165, 1.54) is 18.2 Å². The van der Waals surface area contributed by atoms with Gasteiger partial charge in [0.15, 0.2) is 9.84 Å². The lowest BCUT2D eigenvalue weighted by Gasteiger charge is -2.12. The van der Waals surface area contributed by atoms with Gasteiger partial charge in [-0.3, -0.25) is 0 Å². The van der Waals surface area contributed by atoms with Gasteiger partial charge < -0.3 is 5.73 Å². The molecule has 6 heteroatoms. The summed E-state index contributed by atoms with van der Waals surface area (Å²) < 4.78 is 37.6. The third kappa shape index (κ3) is 3.28. The predicted molar refractivity (Wildman–Crippen MR) is 66.9 cm³/mol. The van der Waals surface area contributed by atoms with E-state index in [1.54, 1.807) is 13.0 Å². The zero-order valence-corrected chi connectivity index (χ0v) is 10.9. The van der Waals surface area contributed by atoms with Crippen LogP contribution in [0.5, 0.6) is 0 Å². The quantitative estimate of drug-likeness (QED) is 0.875. The van der Waals surface area contributed by atoms with E-state index in [0.717, 1.165) is 0 Å². The van der Waals surface area contributed by atoms with E-state index < -0.39 is 26.7 Å². The summed E-state index contributed by atoms with van der Waals surface area (Å²) in [7, 11) is -3.45. The van der Waals surface area contributed by atoms with Gasteiger partial charge in [0.25, 0.3) is 0 Å². The first-order valence-corrected chi connectivity index (χ1v) is 7.23. The van der Waals surface area contributed by atoms with E-state index in [-0.39, 0.29) is 17.7 Å². The second-order valence-corrected chi connectivity index (χ2v) is 6.50. The molecule has 0 bridgehead atoms. The Hall–Kier alpha value is -1.45. The van der Waals surface area contributed by atoms with Crippen LogP contribution in [0.4, 0.5) is 4.39 Å². The molecule has 0 saturated carbocycles. The normalized spacial score (nSPS) is 13.0. The van der Waals surface area contributed by atoms with Crippen molar-refractivity contribution in [1.29, 1.82) is 5.26 Å². The summed E-state index contributed by atoms with van der Waals surface area (Å²) in [4.78, 5) is 0. The summed E-state index contributed by atoms with van der Waals surface area (Å²) in [5.41, 5.74) is 5.20. The molecule has 0 aliphatic carbocycles. The summed E-state index contributed by atoms with van der Waals surface area (Å²) in [6.07, 6.45) is 0.335. The smallest absolute Gasteiger partial charge is 0.157 e. The monoisotopic (exact) mass is 270 g/mol. The molecule has 0 radical (unpaired) electrons. The number of rotatable bonds is 5. The van der Waals surface area contributed by atoms with E-state index in [0.29, 0.717) is 6.42 Å². The van der Waals surface area contributed by atoms with E-state index in [9.17, 15) is 12.8 Å². The number of nitriles is 1. The molecule has 98 valence electrons. The molecule has 1 aromatic carbocycles. The summed E-state index contributed by atoms with van der Waals surface area (Å²) in [6, 6.07) is 5.85. The van der Waals surface area contributed by atoms with Crippen molar-refractivity contribution in [3.8, 4) is 6.07 Å². The number of nitrogens with two attached hydrogens (primary N) is 1. The van der Waals surface area contributed by atoms with Crippen LogP contribution in [0.15, 0.2) is 18.2 Å². The molecule has 0 heterocycles. The van der Waals surface area contributed by atoms with Gasteiger partial charge in [0.2, 0.25) is 0 Å². The van der Waals surface area contributed by atoms with Gasteiger partial charge in [0.05, 0.1) is 16.6 Å². The number of halogens is 1. The van der Waals surface area contributed by atoms with Gasteiger partial charge in [-0.1, -0.05) is 12.1 Å². The maximum absolute atomic E-state index is 13.7. The van der Waals surface area contributed by atoms with E-state index in [1.807, 2.05) is 0 Å². The van der Waals surface area contributed by atoms with Crippen LogP contribution in [0.3, 0.4) is 0 Å². The molecule has 0 aliphatic heterocycles. The SMILES string of the molecule is CC(CCN)S(=O)(=O)Cc1cccc(C#N)c1F. The largest absolute Gasteiger partial charge is 0.330 e. The molecule has 0 saturated heterocycles. The first-order valence-electron chi connectivity index (χ1n) is 5.51. The van der Waals surface area contributed by atoms with Crippen LogP contribution in [0, 0.1) is 17.1 Å². The number of sulfone groups is 1. The summed E-state index contributed by atoms with van der Waals surface area (Å²) in [6.45, 7) is 1.81. The lowest BCUT2D eigenvalue weighted by molar-refractivity contribution is 0.571. The third-order valence-corrected chi connectivity index (χ3v) is 4.92. The fraction of sp³-hybridized carbons (Fsp3) is 0.417. The van der Waals surface area contributed by atoms with Gasteiger partial charge in [0.1, 0.15) is 11.9 Å².